The van der Waals surface area contributed by atoms with Gasteiger partial charge in [-0.05, 0) is 76.0 Å². The summed E-state index contributed by atoms with van der Waals surface area (Å²) in [5.41, 5.74) is 3.89. The summed E-state index contributed by atoms with van der Waals surface area (Å²) in [7, 11) is 0. The van der Waals surface area contributed by atoms with Crippen molar-refractivity contribution in [3.8, 4) is 5.69 Å². The molecule has 0 N–H and O–H groups in total. The molecule has 2 aromatic rings. The SMILES string of the molecule is C/C=C(\C)F.CCCN(CC)CC(=O)c1cc2n(c1)-c1ccc(F)cc1CC2. The van der Waals surface area contributed by atoms with Crippen LogP contribution in [0.2, 0.25) is 0 Å². The van der Waals surface area contributed by atoms with Crippen LogP contribution < -0.4 is 0 Å². The van der Waals surface area contributed by atoms with Gasteiger partial charge in [0.15, 0.2) is 5.78 Å². The lowest BCUT2D eigenvalue weighted by Crippen LogP contribution is -2.30. The molecule has 0 aliphatic carbocycles. The highest BCUT2D eigenvalue weighted by molar-refractivity contribution is 5.97. The van der Waals surface area contributed by atoms with Crippen molar-refractivity contribution in [2.24, 2.45) is 0 Å². The van der Waals surface area contributed by atoms with E-state index < -0.39 is 0 Å². The van der Waals surface area contributed by atoms with Gasteiger partial charge in [-0.3, -0.25) is 9.69 Å². The number of rotatable bonds is 6. The number of allylic oxidation sites excluding steroid dienone is 2. The summed E-state index contributed by atoms with van der Waals surface area (Å²) < 4.78 is 26.7. The second-order valence-electron chi connectivity index (χ2n) is 7.03. The number of aryl methyl sites for hydroxylation is 2. The molecule has 3 rings (SSSR count). The summed E-state index contributed by atoms with van der Waals surface area (Å²) in [5, 5.41) is 0. The lowest BCUT2D eigenvalue weighted by Gasteiger charge is -2.19. The molecule has 28 heavy (non-hydrogen) atoms. The molecule has 1 aliphatic rings. The number of likely N-dealkylation sites (N-methyl/N-ethyl adjacent to an activating group) is 1. The van der Waals surface area contributed by atoms with Crippen LogP contribution in [-0.4, -0.2) is 34.9 Å². The molecule has 1 aromatic carbocycles. The molecule has 3 nitrogen and oxygen atoms in total. The van der Waals surface area contributed by atoms with Gasteiger partial charge in [-0.1, -0.05) is 19.9 Å². The highest BCUT2D eigenvalue weighted by Gasteiger charge is 2.20. The number of hydrogen-bond acceptors (Lipinski definition) is 2. The third kappa shape index (κ3) is 5.61. The Bertz CT molecular complexity index is 835. The molecule has 1 aliphatic heterocycles. The summed E-state index contributed by atoms with van der Waals surface area (Å²) in [6, 6.07) is 6.88. The fourth-order valence-corrected chi connectivity index (χ4v) is 3.29. The van der Waals surface area contributed by atoms with Crippen LogP contribution in [0.5, 0.6) is 0 Å². The fraction of sp³-hybridized carbons (Fsp3) is 0.435. The molecule has 0 spiro atoms. The average Bonchev–Trinajstić information content (AvgIpc) is 3.12. The van der Waals surface area contributed by atoms with E-state index in [9.17, 15) is 13.6 Å². The quantitative estimate of drug-likeness (QED) is 0.610. The number of benzene rings is 1. The maximum Gasteiger partial charge on any atom is 0.178 e. The zero-order chi connectivity index (χ0) is 20.7. The van der Waals surface area contributed by atoms with Gasteiger partial charge in [0, 0.05) is 23.1 Å². The van der Waals surface area contributed by atoms with Crippen LogP contribution in [0.15, 0.2) is 42.4 Å². The second kappa shape index (κ2) is 10.3. The molecule has 5 heteroatoms. The van der Waals surface area contributed by atoms with Gasteiger partial charge < -0.3 is 4.57 Å². The Balaban J connectivity index is 0.000000500. The monoisotopic (exact) mass is 388 g/mol. The van der Waals surface area contributed by atoms with E-state index >= 15 is 0 Å². The van der Waals surface area contributed by atoms with Gasteiger partial charge in [0.05, 0.1) is 12.4 Å². The minimum atomic E-state index is -0.200. The first-order chi connectivity index (χ1) is 13.4. The summed E-state index contributed by atoms with van der Waals surface area (Å²) in [4.78, 5) is 14.7. The number of carbonyl (C=O) groups is 1. The van der Waals surface area contributed by atoms with Gasteiger partial charge >= 0.3 is 0 Å². The van der Waals surface area contributed by atoms with E-state index in [-0.39, 0.29) is 17.4 Å². The maximum atomic E-state index is 13.4. The van der Waals surface area contributed by atoms with E-state index in [2.05, 4.69) is 18.7 Å². The third-order valence-electron chi connectivity index (χ3n) is 4.93. The average molecular weight is 389 g/mol. The van der Waals surface area contributed by atoms with Gasteiger partial charge in [-0.2, -0.15) is 0 Å². The Kier molecular flexibility index (Phi) is 8.12. The highest BCUT2D eigenvalue weighted by Crippen LogP contribution is 2.27. The number of hydrogen-bond donors (Lipinski definition) is 0. The van der Waals surface area contributed by atoms with E-state index in [1.54, 1.807) is 19.1 Å². The summed E-state index contributed by atoms with van der Waals surface area (Å²) in [6.45, 7) is 9.57. The minimum absolute atomic E-state index is 0.120. The zero-order valence-corrected chi connectivity index (χ0v) is 17.3. The molecule has 0 saturated carbocycles. The van der Waals surface area contributed by atoms with Crippen molar-refractivity contribution in [1.29, 1.82) is 0 Å². The summed E-state index contributed by atoms with van der Waals surface area (Å²) in [5.74, 6) is -0.162. The predicted octanol–water partition coefficient (Wildman–Crippen LogP) is 5.51. The van der Waals surface area contributed by atoms with Gasteiger partial charge in [-0.25, -0.2) is 8.78 Å². The Morgan fingerprint density at radius 1 is 1.25 bits per heavy atom. The number of Topliss-reactive ketones (excluding diaryl/α,β-unsaturated/α-hetero) is 1. The predicted molar refractivity (Wildman–Crippen MR) is 110 cm³/mol. The number of fused-ring (bicyclic) bond motifs is 3. The van der Waals surface area contributed by atoms with Crippen molar-refractivity contribution in [3.05, 3.63) is 65.0 Å². The Hall–Kier alpha value is -2.27. The van der Waals surface area contributed by atoms with Crippen molar-refractivity contribution in [2.45, 2.75) is 47.0 Å². The van der Waals surface area contributed by atoms with E-state index in [1.165, 1.54) is 19.1 Å². The van der Waals surface area contributed by atoms with Gasteiger partial charge in [0.2, 0.25) is 0 Å². The van der Waals surface area contributed by atoms with Crippen molar-refractivity contribution < 1.29 is 13.6 Å². The highest BCUT2D eigenvalue weighted by atomic mass is 19.1. The standard InChI is InChI=1S/C19H23FN2O.C4H7F/c1-3-9-21(4-2)13-19(23)15-11-17-7-5-14-10-16(20)6-8-18(14)22(17)12-15;1-3-4(2)5/h6,8,10-12H,3-5,7,9,13H2,1-2H3;3H,1-2H3/b;4-3+. The Morgan fingerprint density at radius 3 is 2.57 bits per heavy atom. The van der Waals surface area contributed by atoms with Gasteiger partial charge in [0.25, 0.3) is 0 Å². The van der Waals surface area contributed by atoms with Gasteiger partial charge in [-0.15, -0.1) is 0 Å². The van der Waals surface area contributed by atoms with Crippen LogP contribution in [0, 0.1) is 5.82 Å². The van der Waals surface area contributed by atoms with Crippen LogP contribution in [0.3, 0.4) is 0 Å². The lowest BCUT2D eigenvalue weighted by molar-refractivity contribution is 0.0934. The van der Waals surface area contributed by atoms with Crippen LogP contribution in [-0.2, 0) is 12.8 Å². The Labute approximate surface area is 166 Å². The first-order valence-corrected chi connectivity index (χ1v) is 9.93. The van der Waals surface area contributed by atoms with Crippen LogP contribution in [0.4, 0.5) is 8.78 Å². The van der Waals surface area contributed by atoms with Crippen molar-refractivity contribution >= 4 is 5.78 Å². The first-order valence-electron chi connectivity index (χ1n) is 9.93. The fourth-order valence-electron chi connectivity index (χ4n) is 3.29. The van der Waals surface area contributed by atoms with Crippen LogP contribution in [0.25, 0.3) is 5.69 Å². The molecule has 0 unspecified atom stereocenters. The third-order valence-corrected chi connectivity index (χ3v) is 4.93. The molecule has 0 bridgehead atoms. The van der Waals surface area contributed by atoms with Crippen LogP contribution >= 0.6 is 0 Å². The summed E-state index contributed by atoms with van der Waals surface area (Å²) >= 11 is 0. The van der Waals surface area contributed by atoms with Crippen molar-refractivity contribution in [2.75, 3.05) is 19.6 Å². The maximum absolute atomic E-state index is 13.4. The van der Waals surface area contributed by atoms with Gasteiger partial charge in [0.1, 0.15) is 5.82 Å². The minimum Gasteiger partial charge on any atom is -0.320 e. The molecule has 152 valence electrons. The van der Waals surface area contributed by atoms with Crippen LogP contribution in [0.1, 0.15) is 55.7 Å². The van der Waals surface area contributed by atoms with E-state index in [0.29, 0.717) is 6.54 Å². The smallest absolute Gasteiger partial charge is 0.178 e. The normalized spacial score (nSPS) is 12.9. The summed E-state index contributed by atoms with van der Waals surface area (Å²) in [6.07, 6.45) is 6.04. The molecule has 0 atom stereocenters. The Morgan fingerprint density at radius 2 is 1.96 bits per heavy atom. The van der Waals surface area contributed by atoms with E-state index in [0.717, 1.165) is 54.9 Å². The number of halogens is 2. The second-order valence-corrected chi connectivity index (χ2v) is 7.03. The number of ketones is 1. The molecular formula is C23H30F2N2O. The molecule has 1 aromatic heterocycles. The lowest BCUT2D eigenvalue weighted by atomic mass is 10.0. The topological polar surface area (TPSA) is 25.2 Å². The molecule has 0 fully saturated rings. The number of carbonyl (C=O) groups excluding carboxylic acids is 1. The molecule has 0 saturated heterocycles. The zero-order valence-electron chi connectivity index (χ0n) is 17.3. The molecule has 0 radical (unpaired) electrons. The molecular weight excluding hydrogens is 358 g/mol. The largest absolute Gasteiger partial charge is 0.320 e. The first kappa shape index (κ1) is 22.0. The molecule has 2 heterocycles. The number of nitrogens with zero attached hydrogens (tertiary/aromatic N) is 2. The molecule has 0 amide bonds. The van der Waals surface area contributed by atoms with Crippen molar-refractivity contribution in [1.82, 2.24) is 9.47 Å². The van der Waals surface area contributed by atoms with E-state index in [1.807, 2.05) is 16.8 Å². The van der Waals surface area contributed by atoms with E-state index in [4.69, 9.17) is 0 Å². The van der Waals surface area contributed by atoms with Crippen molar-refractivity contribution in [3.63, 3.8) is 0 Å². The number of aromatic nitrogens is 1.